The van der Waals surface area contributed by atoms with Crippen LogP contribution in [0.25, 0.3) is 0 Å². The molecular weight excluding hydrogens is 276 g/mol. The average molecular weight is 300 g/mol. The molecule has 118 valence electrons. The lowest BCUT2D eigenvalue weighted by Crippen LogP contribution is -2.19. The molecule has 1 aromatic carbocycles. The fourth-order valence-corrected chi connectivity index (χ4v) is 2.21. The molecule has 0 bridgehead atoms. The van der Waals surface area contributed by atoms with Crippen LogP contribution in [-0.2, 0) is 20.7 Å². The zero-order valence-electron chi connectivity index (χ0n) is 13.8. The molecule has 0 saturated carbocycles. The van der Waals surface area contributed by atoms with E-state index in [0.717, 1.165) is 12.0 Å². The van der Waals surface area contributed by atoms with Gasteiger partial charge in [-0.1, -0.05) is 57.0 Å². The van der Waals surface area contributed by atoms with Crippen molar-refractivity contribution in [3.8, 4) is 12.3 Å². The molecule has 1 aliphatic rings. The first kappa shape index (κ1) is 18.0. The highest BCUT2D eigenvalue weighted by molar-refractivity contribution is 5.91. The first-order valence-electron chi connectivity index (χ1n) is 7.51. The molecule has 1 atom stereocenters. The maximum absolute atomic E-state index is 11.3. The zero-order chi connectivity index (χ0) is 16.5. The third-order valence-electron chi connectivity index (χ3n) is 3.40. The number of aryl methyl sites for hydroxylation is 1. The van der Waals surface area contributed by atoms with Gasteiger partial charge in [-0.05, 0) is 24.8 Å². The van der Waals surface area contributed by atoms with Gasteiger partial charge >= 0.3 is 5.97 Å². The van der Waals surface area contributed by atoms with Crippen LogP contribution in [0.15, 0.2) is 41.5 Å². The fraction of sp³-hybridized carbons (Fsp3) is 0.421. The molecule has 1 aliphatic heterocycles. The summed E-state index contributed by atoms with van der Waals surface area (Å²) < 4.78 is 10.2. The van der Waals surface area contributed by atoms with Crippen molar-refractivity contribution in [2.24, 2.45) is 5.92 Å². The number of carbonyl (C=O) groups excluding carboxylic acids is 1. The largest absolute Gasteiger partial charge is 0.428 e. The molecule has 3 nitrogen and oxygen atoms in total. The molecule has 0 saturated heterocycles. The van der Waals surface area contributed by atoms with E-state index < -0.39 is 6.29 Å². The van der Waals surface area contributed by atoms with Crippen molar-refractivity contribution in [2.45, 2.75) is 40.4 Å². The predicted molar refractivity (Wildman–Crippen MR) is 88.0 cm³/mol. The summed E-state index contributed by atoms with van der Waals surface area (Å²) in [5.74, 6) is 2.26. The first-order valence-corrected chi connectivity index (χ1v) is 7.51. The third-order valence-corrected chi connectivity index (χ3v) is 3.40. The Kier molecular flexibility index (Phi) is 7.42. The summed E-state index contributed by atoms with van der Waals surface area (Å²) in [6.45, 7) is 8.05. The van der Waals surface area contributed by atoms with E-state index >= 15 is 0 Å². The van der Waals surface area contributed by atoms with Gasteiger partial charge in [-0.3, -0.25) is 0 Å². The van der Waals surface area contributed by atoms with Gasteiger partial charge in [0, 0.05) is 11.1 Å². The maximum Gasteiger partial charge on any atom is 0.336 e. The SMILES string of the molecule is C#CCOC1OC(=O)C(C)=C1C(C)C.CCc1ccccc1. The molecule has 0 spiro atoms. The van der Waals surface area contributed by atoms with Crippen LogP contribution in [0.5, 0.6) is 0 Å². The molecule has 1 aromatic rings. The molecule has 2 rings (SSSR count). The Labute approximate surface area is 133 Å². The van der Waals surface area contributed by atoms with Crippen LogP contribution in [-0.4, -0.2) is 18.9 Å². The highest BCUT2D eigenvalue weighted by Gasteiger charge is 2.33. The van der Waals surface area contributed by atoms with E-state index in [9.17, 15) is 4.79 Å². The standard InChI is InChI=1S/C11H14O3.C8H10/c1-5-6-13-11-9(7(2)3)8(4)10(12)14-11;1-2-8-6-4-3-5-7-8/h1,7,11H,6H2,2-4H3;3-7H,2H2,1H3. The lowest BCUT2D eigenvalue weighted by atomic mass is 9.99. The number of ether oxygens (including phenoxy) is 2. The van der Waals surface area contributed by atoms with Crippen LogP contribution >= 0.6 is 0 Å². The van der Waals surface area contributed by atoms with E-state index in [1.165, 1.54) is 5.56 Å². The Hall–Kier alpha value is -2.05. The fourth-order valence-electron chi connectivity index (χ4n) is 2.21. The van der Waals surface area contributed by atoms with E-state index in [1.54, 1.807) is 6.92 Å². The topological polar surface area (TPSA) is 35.5 Å². The lowest BCUT2D eigenvalue weighted by molar-refractivity contribution is -0.158. The van der Waals surface area contributed by atoms with Crippen LogP contribution in [0.3, 0.4) is 0 Å². The Morgan fingerprint density at radius 3 is 2.41 bits per heavy atom. The van der Waals surface area contributed by atoms with Crippen molar-refractivity contribution >= 4 is 5.97 Å². The first-order chi connectivity index (χ1) is 10.5. The van der Waals surface area contributed by atoms with Crippen molar-refractivity contribution in [1.29, 1.82) is 0 Å². The van der Waals surface area contributed by atoms with Gasteiger partial charge in [-0.2, -0.15) is 0 Å². The van der Waals surface area contributed by atoms with Gasteiger partial charge < -0.3 is 9.47 Å². The second-order valence-electron chi connectivity index (χ2n) is 5.33. The summed E-state index contributed by atoms with van der Waals surface area (Å²) in [7, 11) is 0. The molecule has 0 radical (unpaired) electrons. The number of hydrogen-bond donors (Lipinski definition) is 0. The van der Waals surface area contributed by atoms with Crippen molar-refractivity contribution in [3.63, 3.8) is 0 Å². The molecular formula is C19H24O3. The molecule has 22 heavy (non-hydrogen) atoms. The van der Waals surface area contributed by atoms with E-state index in [4.69, 9.17) is 15.9 Å². The Morgan fingerprint density at radius 2 is 1.95 bits per heavy atom. The summed E-state index contributed by atoms with van der Waals surface area (Å²) >= 11 is 0. The lowest BCUT2D eigenvalue weighted by Gasteiger charge is -2.15. The summed E-state index contributed by atoms with van der Waals surface area (Å²) in [6.07, 6.45) is 5.62. The number of hydrogen-bond acceptors (Lipinski definition) is 3. The minimum absolute atomic E-state index is 0.154. The van der Waals surface area contributed by atoms with Crippen LogP contribution in [0, 0.1) is 18.3 Å². The quantitative estimate of drug-likeness (QED) is 0.627. The van der Waals surface area contributed by atoms with Crippen LogP contribution in [0.4, 0.5) is 0 Å². The minimum Gasteiger partial charge on any atom is -0.428 e. The van der Waals surface area contributed by atoms with Crippen LogP contribution in [0.2, 0.25) is 0 Å². The van der Waals surface area contributed by atoms with Gasteiger partial charge in [0.1, 0.15) is 6.61 Å². The second kappa shape index (κ2) is 9.07. The summed E-state index contributed by atoms with van der Waals surface area (Å²) in [5.41, 5.74) is 2.94. The van der Waals surface area contributed by atoms with Gasteiger partial charge in [-0.25, -0.2) is 4.79 Å². The third kappa shape index (κ3) is 5.05. The van der Waals surface area contributed by atoms with E-state index in [0.29, 0.717) is 5.57 Å². The molecule has 3 heteroatoms. The number of benzene rings is 1. The highest BCUT2D eigenvalue weighted by Crippen LogP contribution is 2.29. The molecule has 0 aromatic heterocycles. The number of terminal acetylenes is 1. The van der Waals surface area contributed by atoms with Gasteiger partial charge in [0.15, 0.2) is 0 Å². The predicted octanol–water partition coefficient (Wildman–Crippen LogP) is 3.74. The Bertz CT molecular complexity index is 550. The normalized spacial score (nSPS) is 16.9. The number of rotatable bonds is 4. The number of carbonyl (C=O) groups is 1. The van der Waals surface area contributed by atoms with E-state index in [-0.39, 0.29) is 18.5 Å². The van der Waals surface area contributed by atoms with Crippen molar-refractivity contribution < 1.29 is 14.3 Å². The molecule has 1 unspecified atom stereocenters. The number of cyclic esters (lactones) is 1. The summed E-state index contributed by atoms with van der Waals surface area (Å²) in [5, 5.41) is 0. The zero-order valence-corrected chi connectivity index (χ0v) is 13.8. The highest BCUT2D eigenvalue weighted by atomic mass is 16.7. The van der Waals surface area contributed by atoms with Crippen molar-refractivity contribution in [2.75, 3.05) is 6.61 Å². The van der Waals surface area contributed by atoms with Crippen molar-refractivity contribution in [1.82, 2.24) is 0 Å². The van der Waals surface area contributed by atoms with E-state index in [2.05, 4.69) is 37.1 Å². The van der Waals surface area contributed by atoms with Gasteiger partial charge in [0.2, 0.25) is 6.29 Å². The Morgan fingerprint density at radius 1 is 1.32 bits per heavy atom. The summed E-state index contributed by atoms with van der Waals surface area (Å²) in [4.78, 5) is 11.3. The minimum atomic E-state index is -0.585. The number of esters is 1. The molecule has 0 fully saturated rings. The van der Waals surface area contributed by atoms with Gasteiger partial charge in [0.25, 0.3) is 0 Å². The van der Waals surface area contributed by atoms with Gasteiger partial charge in [0.05, 0.1) is 0 Å². The molecule has 1 heterocycles. The monoisotopic (exact) mass is 300 g/mol. The molecule has 0 aliphatic carbocycles. The Balaban J connectivity index is 0.000000255. The average Bonchev–Trinajstić information content (AvgIpc) is 2.81. The molecule has 0 N–H and O–H groups in total. The van der Waals surface area contributed by atoms with Crippen LogP contribution in [0.1, 0.15) is 33.3 Å². The van der Waals surface area contributed by atoms with Crippen molar-refractivity contribution in [3.05, 3.63) is 47.0 Å². The van der Waals surface area contributed by atoms with E-state index in [1.807, 2.05) is 19.9 Å². The maximum atomic E-state index is 11.3. The smallest absolute Gasteiger partial charge is 0.336 e. The molecule has 0 amide bonds. The van der Waals surface area contributed by atoms with Crippen LogP contribution < -0.4 is 0 Å². The van der Waals surface area contributed by atoms with Gasteiger partial charge in [-0.15, -0.1) is 6.42 Å². The second-order valence-corrected chi connectivity index (χ2v) is 5.33. The summed E-state index contributed by atoms with van der Waals surface area (Å²) in [6, 6.07) is 10.5.